The van der Waals surface area contributed by atoms with Crippen molar-refractivity contribution in [2.45, 2.75) is 109 Å². The van der Waals surface area contributed by atoms with Crippen LogP contribution in [0.25, 0.3) is 0 Å². The Labute approximate surface area is 205 Å². The van der Waals surface area contributed by atoms with Crippen molar-refractivity contribution in [2.75, 3.05) is 6.61 Å². The zero-order valence-corrected chi connectivity index (χ0v) is 22.6. The van der Waals surface area contributed by atoms with E-state index >= 15 is 0 Å². The highest BCUT2D eigenvalue weighted by Gasteiger charge is 2.50. The molecule has 0 aromatic heterocycles. The number of carbonyl (C=O) groups excluding carboxylic acids is 1. The second kappa shape index (κ2) is 11.0. The molecular formula is C27H42O6Si. The summed E-state index contributed by atoms with van der Waals surface area (Å²) in [6, 6.07) is 10.0. The molecule has 1 aromatic rings. The monoisotopic (exact) mass is 490 g/mol. The third-order valence-corrected chi connectivity index (χ3v) is 11.7. The van der Waals surface area contributed by atoms with Gasteiger partial charge in [-0.05, 0) is 30.1 Å². The van der Waals surface area contributed by atoms with E-state index in [1.165, 1.54) is 6.08 Å². The van der Waals surface area contributed by atoms with Crippen LogP contribution in [0.2, 0.25) is 18.1 Å². The summed E-state index contributed by atoms with van der Waals surface area (Å²) in [6.45, 7) is 14.0. The first-order valence-corrected chi connectivity index (χ1v) is 15.4. The minimum absolute atomic E-state index is 0.0403. The maximum atomic E-state index is 12.7. The number of carbonyl (C=O) groups is 1. The second-order valence-corrected chi connectivity index (χ2v) is 16.0. The van der Waals surface area contributed by atoms with E-state index in [0.29, 0.717) is 44.7 Å². The maximum absolute atomic E-state index is 12.7. The first-order valence-electron chi connectivity index (χ1n) is 12.5. The topological polar surface area (TPSA) is 74.2 Å². The molecule has 4 atom stereocenters. The van der Waals surface area contributed by atoms with E-state index in [1.807, 2.05) is 37.3 Å². The lowest BCUT2D eigenvalue weighted by atomic mass is 9.92. The van der Waals surface area contributed by atoms with Gasteiger partial charge in [0.25, 0.3) is 0 Å². The van der Waals surface area contributed by atoms with Gasteiger partial charge in [-0.1, -0.05) is 58.0 Å². The Hall–Kier alpha value is -1.51. The Morgan fingerprint density at radius 2 is 1.94 bits per heavy atom. The zero-order valence-electron chi connectivity index (χ0n) is 21.6. The Morgan fingerprint density at radius 1 is 1.24 bits per heavy atom. The average molecular weight is 491 g/mol. The van der Waals surface area contributed by atoms with E-state index in [-0.39, 0.29) is 29.5 Å². The number of benzene rings is 1. The molecule has 0 bridgehead atoms. The van der Waals surface area contributed by atoms with Gasteiger partial charge < -0.3 is 23.7 Å². The van der Waals surface area contributed by atoms with Crippen molar-refractivity contribution in [3.05, 3.63) is 47.7 Å². The molecule has 190 valence electrons. The molecule has 0 amide bonds. The number of rotatable bonds is 9. The van der Waals surface area contributed by atoms with Crippen LogP contribution in [0.4, 0.5) is 0 Å². The lowest BCUT2D eigenvalue weighted by molar-refractivity contribution is -0.288. The minimum Gasteiger partial charge on any atom is -0.466 e. The average Bonchev–Trinajstić information content (AvgIpc) is 2.72. The fourth-order valence-electron chi connectivity index (χ4n) is 4.25. The molecule has 0 aliphatic carbocycles. The van der Waals surface area contributed by atoms with Crippen LogP contribution in [0.15, 0.2) is 42.2 Å². The van der Waals surface area contributed by atoms with Gasteiger partial charge in [0.2, 0.25) is 5.79 Å². The lowest BCUT2D eigenvalue weighted by Gasteiger charge is -2.48. The lowest BCUT2D eigenvalue weighted by Crippen LogP contribution is -2.55. The van der Waals surface area contributed by atoms with Crippen LogP contribution in [0.3, 0.4) is 0 Å². The van der Waals surface area contributed by atoms with Crippen molar-refractivity contribution in [1.29, 1.82) is 0 Å². The Kier molecular flexibility index (Phi) is 8.79. The van der Waals surface area contributed by atoms with Crippen molar-refractivity contribution in [3.63, 3.8) is 0 Å². The molecule has 0 saturated carbocycles. The summed E-state index contributed by atoms with van der Waals surface area (Å²) in [5, 5.41) is 10.2. The van der Waals surface area contributed by atoms with E-state index in [1.54, 1.807) is 0 Å². The number of aliphatic hydroxyl groups excluding tert-OH is 1. The second-order valence-electron chi connectivity index (χ2n) is 11.2. The van der Waals surface area contributed by atoms with E-state index in [9.17, 15) is 9.90 Å². The molecule has 1 fully saturated rings. The zero-order chi connectivity index (χ0) is 25.0. The molecular weight excluding hydrogens is 448 g/mol. The summed E-state index contributed by atoms with van der Waals surface area (Å²) in [7, 11) is -2.04. The van der Waals surface area contributed by atoms with Crippen molar-refractivity contribution in [1.82, 2.24) is 0 Å². The largest absolute Gasteiger partial charge is 0.466 e. The van der Waals surface area contributed by atoms with E-state index < -0.39 is 20.2 Å². The van der Waals surface area contributed by atoms with Gasteiger partial charge in [0.05, 0.1) is 37.9 Å². The van der Waals surface area contributed by atoms with Gasteiger partial charge in [-0.25, -0.2) is 0 Å². The molecule has 34 heavy (non-hydrogen) atoms. The first-order chi connectivity index (χ1) is 15.9. The quantitative estimate of drug-likeness (QED) is 0.461. The maximum Gasteiger partial charge on any atom is 0.220 e. The first kappa shape index (κ1) is 27.1. The van der Waals surface area contributed by atoms with Gasteiger partial charge in [0, 0.05) is 25.3 Å². The van der Waals surface area contributed by atoms with Gasteiger partial charge in [-0.3, -0.25) is 4.79 Å². The summed E-state index contributed by atoms with van der Waals surface area (Å²) in [6.07, 6.45) is 2.82. The number of ketones is 1. The van der Waals surface area contributed by atoms with Gasteiger partial charge in [0.15, 0.2) is 14.1 Å². The van der Waals surface area contributed by atoms with Gasteiger partial charge >= 0.3 is 0 Å². The third kappa shape index (κ3) is 7.25. The molecule has 1 saturated heterocycles. The molecule has 7 heteroatoms. The fraction of sp³-hybridized carbons (Fsp3) is 0.667. The molecule has 1 N–H and O–H groups in total. The van der Waals surface area contributed by atoms with Crippen molar-refractivity contribution < 1.29 is 28.5 Å². The van der Waals surface area contributed by atoms with Crippen LogP contribution < -0.4 is 0 Å². The molecule has 2 aliphatic rings. The molecule has 1 spiro atoms. The SMILES string of the molecule is CCC(O)CC1=CC(=O)C[C@@]2(C[C@@H](O[Si](C)(C)C(C)(C)C)C[C@H](COCc3ccccc3)O2)O1. The van der Waals surface area contributed by atoms with Crippen LogP contribution in [-0.2, 0) is 30.0 Å². The molecule has 3 rings (SSSR count). The molecule has 1 aromatic carbocycles. The van der Waals surface area contributed by atoms with Crippen LogP contribution in [-0.4, -0.2) is 49.9 Å². The number of allylic oxidation sites excluding steroid dienone is 1. The summed E-state index contributed by atoms with van der Waals surface area (Å²) < 4.78 is 25.6. The predicted octanol–water partition coefficient (Wildman–Crippen LogP) is 5.50. The molecule has 6 nitrogen and oxygen atoms in total. The number of hydrogen-bond acceptors (Lipinski definition) is 6. The smallest absolute Gasteiger partial charge is 0.220 e. The molecule has 2 heterocycles. The predicted molar refractivity (Wildman–Crippen MR) is 135 cm³/mol. The van der Waals surface area contributed by atoms with Gasteiger partial charge in [-0.2, -0.15) is 0 Å². The third-order valence-electron chi connectivity index (χ3n) is 7.12. The van der Waals surface area contributed by atoms with E-state index in [4.69, 9.17) is 18.6 Å². The number of ether oxygens (including phenoxy) is 3. The van der Waals surface area contributed by atoms with Crippen molar-refractivity contribution in [2.24, 2.45) is 0 Å². The summed E-state index contributed by atoms with van der Waals surface area (Å²) in [5.41, 5.74) is 1.10. The molecule has 1 unspecified atom stereocenters. The normalized spacial score (nSPS) is 26.8. The number of hydrogen-bond donors (Lipinski definition) is 1. The standard InChI is InChI=1S/C27H42O6Si/c1-7-21(28)13-23-14-22(29)16-27(31-23)17-24(33-34(5,6)26(2,3)4)15-25(32-27)19-30-18-20-11-9-8-10-12-20/h8-12,14,21,24-25,28H,7,13,15-19H2,1-6H3/t21?,24-,25+,27+/m0/s1. The van der Waals surface area contributed by atoms with Gasteiger partial charge in [-0.15, -0.1) is 0 Å². The fourth-order valence-corrected chi connectivity index (χ4v) is 5.61. The van der Waals surface area contributed by atoms with Crippen molar-refractivity contribution >= 4 is 14.1 Å². The highest BCUT2D eigenvalue weighted by atomic mass is 28.4. The van der Waals surface area contributed by atoms with E-state index in [0.717, 1.165) is 5.56 Å². The molecule has 0 radical (unpaired) electrons. The Balaban J connectivity index is 1.76. The summed E-state index contributed by atoms with van der Waals surface area (Å²) in [4.78, 5) is 12.7. The highest BCUT2D eigenvalue weighted by Crippen LogP contribution is 2.43. The van der Waals surface area contributed by atoms with Crippen LogP contribution >= 0.6 is 0 Å². The Bertz CT molecular complexity index is 846. The summed E-state index contributed by atoms with van der Waals surface area (Å²) >= 11 is 0. The van der Waals surface area contributed by atoms with Crippen LogP contribution in [0, 0.1) is 0 Å². The van der Waals surface area contributed by atoms with Crippen molar-refractivity contribution in [3.8, 4) is 0 Å². The summed E-state index contributed by atoms with van der Waals surface area (Å²) in [5.74, 6) is -0.634. The highest BCUT2D eigenvalue weighted by molar-refractivity contribution is 6.74. The Morgan fingerprint density at radius 3 is 2.59 bits per heavy atom. The molecule has 2 aliphatic heterocycles. The van der Waals surface area contributed by atoms with Crippen LogP contribution in [0.5, 0.6) is 0 Å². The minimum atomic E-state index is -2.04. The number of aliphatic hydroxyl groups is 1. The van der Waals surface area contributed by atoms with Gasteiger partial charge in [0.1, 0.15) is 5.76 Å². The van der Waals surface area contributed by atoms with Crippen LogP contribution in [0.1, 0.15) is 65.4 Å². The van der Waals surface area contributed by atoms with E-state index in [2.05, 4.69) is 33.9 Å².